The number of fused-ring (bicyclic) bond motifs is 9. The number of hydrogen-bond donors (Lipinski definition) is 1. The minimum Gasteiger partial charge on any atom is -0.456 e. The monoisotopic (exact) mass is 758 g/mol. The number of furan rings is 1. The first-order valence-electron chi connectivity index (χ1n) is 19.7. The van der Waals surface area contributed by atoms with Gasteiger partial charge in [-0.3, -0.25) is 0 Å². The lowest BCUT2D eigenvalue weighted by atomic mass is 9.91. The van der Waals surface area contributed by atoms with Crippen LogP contribution in [0.3, 0.4) is 0 Å². The number of rotatable bonds is 5. The van der Waals surface area contributed by atoms with Gasteiger partial charge in [0.1, 0.15) is 17.0 Å². The molecule has 0 amide bonds. The Hall–Kier alpha value is -7.14. The van der Waals surface area contributed by atoms with Crippen LogP contribution in [0.25, 0.3) is 82.6 Å². The normalized spacial score (nSPS) is 14.8. The summed E-state index contributed by atoms with van der Waals surface area (Å²) in [6.07, 6.45) is 0. The van der Waals surface area contributed by atoms with Crippen molar-refractivity contribution in [2.45, 2.75) is 10.9 Å². The van der Waals surface area contributed by atoms with Gasteiger partial charge in [-0.15, -0.1) is 0 Å². The fourth-order valence-corrected chi connectivity index (χ4v) is 10.2. The first-order chi connectivity index (χ1) is 28.7. The summed E-state index contributed by atoms with van der Waals surface area (Å²) < 4.78 is 6.68. The van der Waals surface area contributed by atoms with Gasteiger partial charge >= 0.3 is 0 Å². The van der Waals surface area contributed by atoms with Crippen LogP contribution in [-0.4, -0.2) is 5.84 Å². The SMILES string of the molecule is c1ccc(-c2ccc(C3=C4Sc5ccccc5C4NC(c4cccc5oc6cc(-c7cccc(-c8cc9ccccc9c9ccccc89)c7)ccc6c45)=N3)cc2)cc1. The van der Waals surface area contributed by atoms with Crippen LogP contribution < -0.4 is 5.32 Å². The molecule has 4 heteroatoms. The second-order valence-electron chi connectivity index (χ2n) is 15.1. The number of aliphatic imine (C=N–C) groups is 1. The Morgan fingerprint density at radius 1 is 0.448 bits per heavy atom. The van der Waals surface area contributed by atoms with Crippen LogP contribution in [0.1, 0.15) is 22.7 Å². The third-order valence-electron chi connectivity index (χ3n) is 11.7. The molecule has 0 saturated heterocycles. The number of nitrogens with one attached hydrogen (secondary N) is 1. The third-order valence-corrected chi connectivity index (χ3v) is 13.0. The Kier molecular flexibility index (Phi) is 7.54. The Morgan fingerprint density at radius 3 is 2.02 bits per heavy atom. The molecule has 1 aromatic heterocycles. The van der Waals surface area contributed by atoms with E-state index in [-0.39, 0.29) is 6.04 Å². The molecule has 3 nitrogen and oxygen atoms in total. The maximum Gasteiger partial charge on any atom is 0.136 e. The molecular formula is C54H34N2OS. The summed E-state index contributed by atoms with van der Waals surface area (Å²) in [6.45, 7) is 0. The highest BCUT2D eigenvalue weighted by molar-refractivity contribution is 8.03. The Labute approximate surface area is 340 Å². The van der Waals surface area contributed by atoms with Crippen molar-refractivity contribution in [3.8, 4) is 33.4 Å². The molecule has 0 saturated carbocycles. The van der Waals surface area contributed by atoms with Crippen molar-refractivity contribution >= 4 is 66.8 Å². The van der Waals surface area contributed by atoms with E-state index in [0.29, 0.717) is 0 Å². The molecule has 12 rings (SSSR count). The van der Waals surface area contributed by atoms with E-state index < -0.39 is 0 Å². The van der Waals surface area contributed by atoms with Crippen molar-refractivity contribution in [3.63, 3.8) is 0 Å². The number of benzene rings is 9. The highest BCUT2D eigenvalue weighted by atomic mass is 32.2. The molecule has 1 N–H and O–H groups in total. The quantitative estimate of drug-likeness (QED) is 0.178. The molecule has 0 aliphatic carbocycles. The van der Waals surface area contributed by atoms with Gasteiger partial charge in [-0.2, -0.15) is 0 Å². The lowest BCUT2D eigenvalue weighted by Gasteiger charge is -2.25. The van der Waals surface area contributed by atoms with E-state index in [1.807, 2.05) is 11.8 Å². The fourth-order valence-electron chi connectivity index (χ4n) is 8.95. The van der Waals surface area contributed by atoms with Crippen molar-refractivity contribution < 1.29 is 4.42 Å². The summed E-state index contributed by atoms with van der Waals surface area (Å²) in [5.41, 5.74) is 13.2. The summed E-state index contributed by atoms with van der Waals surface area (Å²) >= 11 is 1.82. The molecule has 0 radical (unpaired) electrons. The van der Waals surface area contributed by atoms with Crippen molar-refractivity contribution in [2.75, 3.05) is 0 Å². The van der Waals surface area contributed by atoms with Crippen molar-refractivity contribution in [2.24, 2.45) is 4.99 Å². The largest absolute Gasteiger partial charge is 0.456 e. The number of hydrogen-bond acceptors (Lipinski definition) is 4. The topological polar surface area (TPSA) is 37.5 Å². The zero-order chi connectivity index (χ0) is 38.2. The van der Waals surface area contributed by atoms with Crippen LogP contribution in [0.15, 0.2) is 213 Å². The second-order valence-corrected chi connectivity index (χ2v) is 16.2. The lowest BCUT2D eigenvalue weighted by molar-refractivity contribution is 0.669. The summed E-state index contributed by atoms with van der Waals surface area (Å²) in [4.78, 5) is 7.95. The van der Waals surface area contributed by atoms with Gasteiger partial charge in [0, 0.05) is 31.7 Å². The molecule has 0 bridgehead atoms. The van der Waals surface area contributed by atoms with Gasteiger partial charge in [0.05, 0.1) is 11.7 Å². The molecule has 3 heterocycles. The molecule has 272 valence electrons. The van der Waals surface area contributed by atoms with Gasteiger partial charge in [0.25, 0.3) is 0 Å². The molecule has 10 aromatic rings. The van der Waals surface area contributed by atoms with Gasteiger partial charge in [-0.1, -0.05) is 169 Å². The van der Waals surface area contributed by atoms with E-state index >= 15 is 0 Å². The maximum absolute atomic E-state index is 6.68. The predicted molar refractivity (Wildman–Crippen MR) is 243 cm³/mol. The van der Waals surface area contributed by atoms with Crippen LogP contribution in [0.2, 0.25) is 0 Å². The summed E-state index contributed by atoms with van der Waals surface area (Å²) in [5, 5.41) is 11.1. The minimum absolute atomic E-state index is 0.00419. The first-order valence-corrected chi connectivity index (χ1v) is 20.5. The molecule has 2 aliphatic rings. The molecule has 58 heavy (non-hydrogen) atoms. The Morgan fingerprint density at radius 2 is 1.12 bits per heavy atom. The lowest BCUT2D eigenvalue weighted by Crippen LogP contribution is -2.32. The van der Waals surface area contributed by atoms with Crippen molar-refractivity contribution in [3.05, 3.63) is 216 Å². The number of amidine groups is 1. The van der Waals surface area contributed by atoms with Crippen LogP contribution in [0.5, 0.6) is 0 Å². The summed E-state index contributed by atoms with van der Waals surface area (Å²) in [5.74, 6) is 0.848. The third kappa shape index (κ3) is 5.33. The zero-order valence-electron chi connectivity index (χ0n) is 31.3. The Balaban J connectivity index is 0.955. The molecule has 9 aromatic carbocycles. The van der Waals surface area contributed by atoms with Gasteiger partial charge < -0.3 is 9.73 Å². The molecule has 1 unspecified atom stereocenters. The van der Waals surface area contributed by atoms with Gasteiger partial charge in [-0.25, -0.2) is 4.99 Å². The van der Waals surface area contributed by atoms with Crippen LogP contribution in [0.4, 0.5) is 0 Å². The first kappa shape index (κ1) is 33.0. The molecule has 2 aliphatic heterocycles. The van der Waals surface area contributed by atoms with Gasteiger partial charge in [-0.05, 0) is 96.9 Å². The predicted octanol–water partition coefficient (Wildman–Crippen LogP) is 14.5. The second kappa shape index (κ2) is 13.2. The van der Waals surface area contributed by atoms with Crippen LogP contribution >= 0.6 is 11.8 Å². The summed E-state index contributed by atoms with van der Waals surface area (Å²) in [7, 11) is 0. The van der Waals surface area contributed by atoms with Gasteiger partial charge in [0.2, 0.25) is 0 Å². The van der Waals surface area contributed by atoms with E-state index in [0.717, 1.165) is 55.7 Å². The van der Waals surface area contributed by atoms with Gasteiger partial charge in [0.15, 0.2) is 0 Å². The molecule has 0 spiro atoms. The Bertz CT molecular complexity index is 3340. The number of thioether (sulfide) groups is 1. The average Bonchev–Trinajstić information content (AvgIpc) is 3.87. The highest BCUT2D eigenvalue weighted by Crippen LogP contribution is 2.52. The molecule has 1 atom stereocenters. The van der Waals surface area contributed by atoms with E-state index in [1.165, 1.54) is 59.2 Å². The maximum atomic E-state index is 6.68. The minimum atomic E-state index is 0.00419. The highest BCUT2D eigenvalue weighted by Gasteiger charge is 2.35. The standard InChI is InChI=1S/C54H34N2OS/c1-2-12-33(13-3-1)34-24-26-35(27-25-34)51-53-52(44-20-8-9-23-49(44)58-53)56-54(55-51)45-21-11-22-47-50(45)43-29-28-37(32-48(43)57-47)36-15-10-16-38(30-36)46-31-39-14-4-5-17-40(39)41-18-6-7-19-42(41)46/h1-32,52H,(H,55,56). The van der Waals surface area contributed by atoms with Crippen LogP contribution in [0, 0.1) is 0 Å². The van der Waals surface area contributed by atoms with E-state index in [2.05, 4.69) is 199 Å². The van der Waals surface area contributed by atoms with Crippen molar-refractivity contribution in [1.82, 2.24) is 5.32 Å². The smallest absolute Gasteiger partial charge is 0.136 e. The molecule has 0 fully saturated rings. The fraction of sp³-hybridized carbons (Fsp3) is 0.0185. The van der Waals surface area contributed by atoms with Crippen LogP contribution in [-0.2, 0) is 0 Å². The average molecular weight is 759 g/mol. The van der Waals surface area contributed by atoms with Crippen molar-refractivity contribution in [1.29, 1.82) is 0 Å². The zero-order valence-corrected chi connectivity index (χ0v) is 32.1. The summed E-state index contributed by atoms with van der Waals surface area (Å²) in [6, 6.07) is 69.6. The molecular weight excluding hydrogens is 725 g/mol. The van der Waals surface area contributed by atoms with E-state index in [1.54, 1.807) is 0 Å². The van der Waals surface area contributed by atoms with E-state index in [4.69, 9.17) is 9.41 Å². The number of nitrogens with zero attached hydrogens (tertiary/aromatic N) is 1. The van der Waals surface area contributed by atoms with E-state index in [9.17, 15) is 0 Å².